The van der Waals surface area contributed by atoms with Gasteiger partial charge in [0.1, 0.15) is 11.3 Å². The quantitative estimate of drug-likeness (QED) is 0.532. The maximum absolute atomic E-state index is 13.4. The van der Waals surface area contributed by atoms with E-state index >= 15 is 0 Å². The molecule has 156 valence electrons. The van der Waals surface area contributed by atoms with Crippen LogP contribution in [0.1, 0.15) is 65.0 Å². The maximum Gasteiger partial charge on any atom is 0.290 e. The molecule has 2 heterocycles. The first-order valence-electron chi connectivity index (χ1n) is 10.5. The van der Waals surface area contributed by atoms with Crippen LogP contribution in [0.5, 0.6) is 5.75 Å². The van der Waals surface area contributed by atoms with E-state index in [0.29, 0.717) is 23.1 Å². The van der Waals surface area contributed by atoms with Gasteiger partial charge in [0.05, 0.1) is 23.6 Å². The molecule has 30 heavy (non-hydrogen) atoms. The Morgan fingerprint density at radius 1 is 1.03 bits per heavy atom. The van der Waals surface area contributed by atoms with E-state index in [1.807, 2.05) is 50.2 Å². The van der Waals surface area contributed by atoms with Crippen molar-refractivity contribution in [2.75, 3.05) is 13.7 Å². The molecule has 0 N–H and O–H groups in total. The molecule has 4 rings (SSSR count). The van der Waals surface area contributed by atoms with E-state index in [4.69, 9.17) is 9.15 Å². The Balaban J connectivity index is 1.73. The zero-order valence-corrected chi connectivity index (χ0v) is 18.0. The summed E-state index contributed by atoms with van der Waals surface area (Å²) in [6.45, 7) is 6.78. The van der Waals surface area contributed by atoms with Gasteiger partial charge in [-0.1, -0.05) is 31.9 Å². The number of carbonyl (C=O) groups is 1. The fourth-order valence-electron chi connectivity index (χ4n) is 4.02. The van der Waals surface area contributed by atoms with Crippen LogP contribution in [0.4, 0.5) is 0 Å². The molecule has 1 unspecified atom stereocenters. The first kappa shape index (κ1) is 20.2. The summed E-state index contributed by atoms with van der Waals surface area (Å²) < 4.78 is 11.7. The molecule has 1 aromatic heterocycles. The number of carbonyl (C=O) groups excluding carboxylic acids is 1. The van der Waals surface area contributed by atoms with Crippen molar-refractivity contribution in [3.8, 4) is 5.75 Å². The van der Waals surface area contributed by atoms with E-state index in [1.165, 1.54) is 0 Å². The summed E-state index contributed by atoms with van der Waals surface area (Å²) in [4.78, 5) is 27.8. The fourth-order valence-corrected chi connectivity index (χ4v) is 4.02. The lowest BCUT2D eigenvalue weighted by molar-refractivity contribution is 0.0771. The standard InChI is InChI=1S/C25H27NO4/c1-5-6-7-12-29-18-10-8-17(9-11-18)22-21-23(27)19-13-15(2)16(3)14-20(19)30-24(21)25(28)26(22)4/h8-11,13-14,22H,5-7,12H2,1-4H3. The normalized spacial score (nSPS) is 15.7. The third-order valence-corrected chi connectivity index (χ3v) is 5.93. The average Bonchev–Trinajstić information content (AvgIpc) is 2.99. The number of benzene rings is 2. The molecule has 1 aliphatic heterocycles. The van der Waals surface area contributed by atoms with Crippen LogP contribution in [0, 0.1) is 13.8 Å². The zero-order valence-electron chi connectivity index (χ0n) is 18.0. The summed E-state index contributed by atoms with van der Waals surface area (Å²) in [5.74, 6) is 0.661. The number of unbranched alkanes of at least 4 members (excludes halogenated alkanes) is 2. The van der Waals surface area contributed by atoms with Crippen molar-refractivity contribution in [3.05, 3.63) is 74.6 Å². The third-order valence-electron chi connectivity index (χ3n) is 5.93. The fraction of sp³-hybridized carbons (Fsp3) is 0.360. The van der Waals surface area contributed by atoms with Crippen molar-refractivity contribution in [2.24, 2.45) is 0 Å². The Bertz CT molecular complexity index is 1160. The van der Waals surface area contributed by atoms with Gasteiger partial charge >= 0.3 is 0 Å². The van der Waals surface area contributed by atoms with Crippen LogP contribution in [0.3, 0.4) is 0 Å². The molecule has 0 saturated carbocycles. The highest BCUT2D eigenvalue weighted by Gasteiger charge is 2.40. The number of aryl methyl sites for hydroxylation is 2. The number of hydrogen-bond donors (Lipinski definition) is 0. The summed E-state index contributed by atoms with van der Waals surface area (Å²) >= 11 is 0. The molecule has 3 aromatic rings. The van der Waals surface area contributed by atoms with Gasteiger partial charge in [-0.3, -0.25) is 9.59 Å². The lowest BCUT2D eigenvalue weighted by Crippen LogP contribution is -2.25. The van der Waals surface area contributed by atoms with Gasteiger partial charge in [-0.2, -0.15) is 0 Å². The van der Waals surface area contributed by atoms with Crippen molar-refractivity contribution < 1.29 is 13.9 Å². The Labute approximate surface area is 176 Å². The Morgan fingerprint density at radius 3 is 2.43 bits per heavy atom. The van der Waals surface area contributed by atoms with E-state index in [9.17, 15) is 9.59 Å². The summed E-state index contributed by atoms with van der Waals surface area (Å²) in [6.07, 6.45) is 3.32. The Hall–Kier alpha value is -3.08. The van der Waals surface area contributed by atoms with Crippen molar-refractivity contribution in [3.63, 3.8) is 0 Å². The van der Waals surface area contributed by atoms with Crippen LogP contribution in [0.15, 0.2) is 45.6 Å². The Kier molecular flexibility index (Phi) is 5.37. The van der Waals surface area contributed by atoms with Gasteiger partial charge in [-0.15, -0.1) is 0 Å². The largest absolute Gasteiger partial charge is 0.494 e. The highest BCUT2D eigenvalue weighted by molar-refractivity contribution is 5.99. The van der Waals surface area contributed by atoms with E-state index in [2.05, 4.69) is 6.92 Å². The molecule has 5 heteroatoms. The van der Waals surface area contributed by atoms with Gasteiger partial charge in [0.2, 0.25) is 5.76 Å². The van der Waals surface area contributed by atoms with Crippen LogP contribution < -0.4 is 10.2 Å². The molecule has 1 atom stereocenters. The lowest BCUT2D eigenvalue weighted by Gasteiger charge is -2.20. The molecular weight excluding hydrogens is 378 g/mol. The van der Waals surface area contributed by atoms with E-state index in [-0.39, 0.29) is 17.1 Å². The van der Waals surface area contributed by atoms with Crippen molar-refractivity contribution in [1.82, 2.24) is 4.90 Å². The van der Waals surface area contributed by atoms with Gasteiger partial charge in [0.15, 0.2) is 5.43 Å². The predicted molar refractivity (Wildman–Crippen MR) is 117 cm³/mol. The molecule has 2 aromatic carbocycles. The Morgan fingerprint density at radius 2 is 1.73 bits per heavy atom. The van der Waals surface area contributed by atoms with Crippen LogP contribution in [0.25, 0.3) is 11.0 Å². The van der Waals surface area contributed by atoms with E-state index in [0.717, 1.165) is 41.7 Å². The topological polar surface area (TPSA) is 59.8 Å². The van der Waals surface area contributed by atoms with Crippen molar-refractivity contribution >= 4 is 16.9 Å². The lowest BCUT2D eigenvalue weighted by atomic mass is 9.97. The monoisotopic (exact) mass is 405 g/mol. The molecule has 0 radical (unpaired) electrons. The third kappa shape index (κ3) is 3.38. The van der Waals surface area contributed by atoms with Gasteiger partial charge in [-0.25, -0.2) is 0 Å². The molecular formula is C25H27NO4. The van der Waals surface area contributed by atoms with Gasteiger partial charge in [0, 0.05) is 7.05 Å². The first-order valence-corrected chi connectivity index (χ1v) is 10.5. The summed E-state index contributed by atoms with van der Waals surface area (Å²) in [5.41, 5.74) is 3.64. The SMILES string of the molecule is CCCCCOc1ccc(C2c3c(oc4cc(C)c(C)cc4c3=O)C(=O)N2C)cc1. The highest BCUT2D eigenvalue weighted by atomic mass is 16.5. The van der Waals surface area contributed by atoms with Crippen molar-refractivity contribution in [1.29, 1.82) is 0 Å². The molecule has 0 fully saturated rings. The molecule has 0 aliphatic carbocycles. The maximum atomic E-state index is 13.4. The van der Waals surface area contributed by atoms with E-state index in [1.54, 1.807) is 11.9 Å². The first-order chi connectivity index (χ1) is 14.4. The smallest absolute Gasteiger partial charge is 0.290 e. The highest BCUT2D eigenvalue weighted by Crippen LogP contribution is 2.37. The average molecular weight is 405 g/mol. The van der Waals surface area contributed by atoms with Gasteiger partial charge in [0.25, 0.3) is 5.91 Å². The minimum Gasteiger partial charge on any atom is -0.494 e. The molecule has 0 bridgehead atoms. The molecule has 0 spiro atoms. The minimum absolute atomic E-state index is 0.142. The second-order valence-electron chi connectivity index (χ2n) is 8.05. The second kappa shape index (κ2) is 7.98. The number of rotatable bonds is 6. The number of amides is 1. The summed E-state index contributed by atoms with van der Waals surface area (Å²) in [7, 11) is 1.71. The van der Waals surface area contributed by atoms with Crippen LogP contribution >= 0.6 is 0 Å². The summed E-state index contributed by atoms with van der Waals surface area (Å²) in [5, 5.41) is 0.515. The van der Waals surface area contributed by atoms with Gasteiger partial charge in [-0.05, 0) is 61.2 Å². The molecule has 5 nitrogen and oxygen atoms in total. The van der Waals surface area contributed by atoms with E-state index < -0.39 is 6.04 Å². The summed E-state index contributed by atoms with van der Waals surface area (Å²) in [6, 6.07) is 10.8. The number of fused-ring (bicyclic) bond motifs is 2. The molecule has 1 amide bonds. The number of nitrogens with zero attached hydrogens (tertiary/aromatic N) is 1. The van der Waals surface area contributed by atoms with Gasteiger partial charge < -0.3 is 14.1 Å². The molecule has 0 saturated heterocycles. The molecule has 1 aliphatic rings. The second-order valence-corrected chi connectivity index (χ2v) is 8.05. The van der Waals surface area contributed by atoms with Crippen molar-refractivity contribution in [2.45, 2.75) is 46.1 Å². The number of hydrogen-bond acceptors (Lipinski definition) is 4. The van der Waals surface area contributed by atoms with Crippen LogP contribution in [-0.4, -0.2) is 24.5 Å². The van der Waals surface area contributed by atoms with Crippen LogP contribution in [-0.2, 0) is 0 Å². The minimum atomic E-state index is -0.469. The van der Waals surface area contributed by atoms with Crippen LogP contribution in [0.2, 0.25) is 0 Å². The zero-order chi connectivity index (χ0) is 21.4. The predicted octanol–water partition coefficient (Wildman–Crippen LogP) is 5.15. The number of ether oxygens (including phenoxy) is 1.